The van der Waals surface area contributed by atoms with Crippen LogP contribution in [0.5, 0.6) is 0 Å². The van der Waals surface area contributed by atoms with Gasteiger partial charge in [-0.25, -0.2) is 9.18 Å². The highest BCUT2D eigenvalue weighted by Gasteiger charge is 2.18. The molecule has 0 aliphatic carbocycles. The minimum atomic E-state index is -0.813. The van der Waals surface area contributed by atoms with Crippen molar-refractivity contribution >= 4 is 11.7 Å². The van der Waals surface area contributed by atoms with Gasteiger partial charge >= 0.3 is 5.97 Å². The summed E-state index contributed by atoms with van der Waals surface area (Å²) in [5.74, 6) is -1.49. The molecule has 21 heavy (non-hydrogen) atoms. The molecular formula is C15H12FNO4. The van der Waals surface area contributed by atoms with E-state index in [1.165, 1.54) is 36.4 Å². The largest absolute Gasteiger partial charge is 0.454 e. The summed E-state index contributed by atoms with van der Waals surface area (Å²) in [6.07, 6.45) is -0.725. The van der Waals surface area contributed by atoms with E-state index >= 15 is 0 Å². The van der Waals surface area contributed by atoms with E-state index in [-0.39, 0.29) is 11.3 Å². The molecule has 0 aliphatic heterocycles. The van der Waals surface area contributed by atoms with Crippen LogP contribution in [0.2, 0.25) is 0 Å². The van der Waals surface area contributed by atoms with Gasteiger partial charge in [-0.05, 0) is 24.6 Å². The number of benzene rings is 2. The van der Waals surface area contributed by atoms with Gasteiger partial charge < -0.3 is 4.74 Å². The molecule has 0 saturated carbocycles. The zero-order valence-corrected chi connectivity index (χ0v) is 11.2. The maximum atomic E-state index is 13.5. The van der Waals surface area contributed by atoms with Crippen molar-refractivity contribution in [3.05, 3.63) is 75.6 Å². The Morgan fingerprint density at radius 2 is 1.95 bits per heavy atom. The number of hydrogen-bond donors (Lipinski definition) is 0. The summed E-state index contributed by atoms with van der Waals surface area (Å²) >= 11 is 0. The number of carbonyl (C=O) groups excluding carboxylic acids is 1. The van der Waals surface area contributed by atoms with E-state index < -0.39 is 22.8 Å². The molecule has 0 heterocycles. The minimum Gasteiger partial charge on any atom is -0.454 e. The number of nitro groups is 1. The van der Waals surface area contributed by atoms with Crippen molar-refractivity contribution in [1.29, 1.82) is 0 Å². The molecule has 108 valence electrons. The van der Waals surface area contributed by atoms with Gasteiger partial charge in [-0.3, -0.25) is 10.1 Å². The third-order valence-electron chi connectivity index (χ3n) is 2.93. The summed E-state index contributed by atoms with van der Waals surface area (Å²) in [6.45, 7) is 1.57. The molecule has 2 aromatic rings. The van der Waals surface area contributed by atoms with Gasteiger partial charge in [0.1, 0.15) is 11.9 Å². The van der Waals surface area contributed by atoms with Crippen molar-refractivity contribution < 1.29 is 18.8 Å². The molecule has 1 unspecified atom stereocenters. The number of halogens is 1. The molecule has 2 rings (SSSR count). The number of esters is 1. The van der Waals surface area contributed by atoms with Crippen molar-refractivity contribution in [2.24, 2.45) is 0 Å². The van der Waals surface area contributed by atoms with E-state index in [4.69, 9.17) is 4.74 Å². The first-order valence-corrected chi connectivity index (χ1v) is 6.19. The Hall–Kier alpha value is -2.76. The Morgan fingerprint density at radius 1 is 1.24 bits per heavy atom. The molecule has 1 atom stereocenters. The lowest BCUT2D eigenvalue weighted by molar-refractivity contribution is -0.385. The first-order valence-electron chi connectivity index (χ1n) is 6.19. The lowest BCUT2D eigenvalue weighted by Gasteiger charge is -2.13. The summed E-state index contributed by atoms with van der Waals surface area (Å²) in [7, 11) is 0. The quantitative estimate of drug-likeness (QED) is 0.489. The van der Waals surface area contributed by atoms with Crippen LogP contribution in [0.25, 0.3) is 0 Å². The standard InChI is InChI=1S/C15H12FNO4/c1-10(11-5-4-6-12(9-11)17(19)20)21-15(18)13-7-2-3-8-14(13)16/h2-10H,1H3. The molecule has 0 fully saturated rings. The highest BCUT2D eigenvalue weighted by atomic mass is 19.1. The van der Waals surface area contributed by atoms with Gasteiger partial charge in [0.25, 0.3) is 5.69 Å². The molecule has 0 aromatic heterocycles. The van der Waals surface area contributed by atoms with Crippen LogP contribution in [0.4, 0.5) is 10.1 Å². The number of hydrogen-bond acceptors (Lipinski definition) is 4. The van der Waals surface area contributed by atoms with Crippen LogP contribution < -0.4 is 0 Å². The van der Waals surface area contributed by atoms with Crippen LogP contribution in [-0.4, -0.2) is 10.9 Å². The lowest BCUT2D eigenvalue weighted by atomic mass is 10.1. The number of nitro benzene ring substituents is 1. The fourth-order valence-corrected chi connectivity index (χ4v) is 1.81. The fourth-order valence-electron chi connectivity index (χ4n) is 1.81. The zero-order valence-electron chi connectivity index (χ0n) is 11.2. The number of nitrogens with zero attached hydrogens (tertiary/aromatic N) is 1. The third-order valence-corrected chi connectivity index (χ3v) is 2.93. The van der Waals surface area contributed by atoms with E-state index in [0.717, 1.165) is 6.07 Å². The predicted molar refractivity (Wildman–Crippen MR) is 73.3 cm³/mol. The molecule has 5 nitrogen and oxygen atoms in total. The monoisotopic (exact) mass is 289 g/mol. The second kappa shape index (κ2) is 6.13. The van der Waals surface area contributed by atoms with Gasteiger partial charge in [-0.1, -0.05) is 24.3 Å². The maximum Gasteiger partial charge on any atom is 0.341 e. The van der Waals surface area contributed by atoms with Crippen LogP contribution in [0.1, 0.15) is 28.9 Å². The Labute approximate surface area is 120 Å². The number of ether oxygens (including phenoxy) is 1. The average molecular weight is 289 g/mol. The van der Waals surface area contributed by atoms with E-state index in [2.05, 4.69) is 0 Å². The summed E-state index contributed by atoms with van der Waals surface area (Å²) in [5.41, 5.74) is 0.199. The first kappa shape index (κ1) is 14.6. The normalized spacial score (nSPS) is 11.7. The molecule has 2 aromatic carbocycles. The Bertz CT molecular complexity index is 687. The van der Waals surface area contributed by atoms with Crippen molar-refractivity contribution in [2.45, 2.75) is 13.0 Å². The molecular weight excluding hydrogens is 277 g/mol. The summed E-state index contributed by atoms with van der Waals surface area (Å²) in [4.78, 5) is 22.1. The highest BCUT2D eigenvalue weighted by molar-refractivity contribution is 5.89. The first-order chi connectivity index (χ1) is 9.99. The van der Waals surface area contributed by atoms with Crippen LogP contribution in [0, 0.1) is 15.9 Å². The summed E-state index contributed by atoms with van der Waals surface area (Å²) in [5, 5.41) is 10.7. The molecule has 0 N–H and O–H groups in total. The molecule has 0 saturated heterocycles. The maximum absolute atomic E-state index is 13.5. The smallest absolute Gasteiger partial charge is 0.341 e. The van der Waals surface area contributed by atoms with Crippen LogP contribution >= 0.6 is 0 Å². The summed E-state index contributed by atoms with van der Waals surface area (Å²) in [6, 6.07) is 11.2. The second-order valence-electron chi connectivity index (χ2n) is 4.38. The van der Waals surface area contributed by atoms with Gasteiger partial charge in [-0.15, -0.1) is 0 Å². The Balaban J connectivity index is 2.16. The van der Waals surface area contributed by atoms with Gasteiger partial charge in [0.15, 0.2) is 0 Å². The third kappa shape index (κ3) is 3.42. The molecule has 6 heteroatoms. The van der Waals surface area contributed by atoms with Gasteiger partial charge in [-0.2, -0.15) is 0 Å². The fraction of sp³-hybridized carbons (Fsp3) is 0.133. The van der Waals surface area contributed by atoms with E-state index in [9.17, 15) is 19.3 Å². The van der Waals surface area contributed by atoms with Crippen molar-refractivity contribution in [3.8, 4) is 0 Å². The van der Waals surface area contributed by atoms with E-state index in [0.29, 0.717) is 5.56 Å². The van der Waals surface area contributed by atoms with Crippen LogP contribution in [0.3, 0.4) is 0 Å². The summed E-state index contributed by atoms with van der Waals surface area (Å²) < 4.78 is 18.6. The van der Waals surface area contributed by atoms with Gasteiger partial charge in [0.2, 0.25) is 0 Å². The SMILES string of the molecule is CC(OC(=O)c1ccccc1F)c1cccc([N+](=O)[O-])c1. The van der Waals surface area contributed by atoms with E-state index in [1.807, 2.05) is 0 Å². The molecule has 0 bridgehead atoms. The van der Waals surface area contributed by atoms with Crippen LogP contribution in [0.15, 0.2) is 48.5 Å². The number of carbonyl (C=O) groups is 1. The Kier molecular flexibility index (Phi) is 4.27. The average Bonchev–Trinajstić information content (AvgIpc) is 2.47. The van der Waals surface area contributed by atoms with Crippen molar-refractivity contribution in [1.82, 2.24) is 0 Å². The van der Waals surface area contributed by atoms with Crippen molar-refractivity contribution in [2.75, 3.05) is 0 Å². The zero-order chi connectivity index (χ0) is 15.4. The molecule has 0 aliphatic rings. The minimum absolute atomic E-state index is 0.0960. The Morgan fingerprint density at radius 3 is 2.62 bits per heavy atom. The van der Waals surface area contributed by atoms with E-state index in [1.54, 1.807) is 13.0 Å². The van der Waals surface area contributed by atoms with Gasteiger partial charge in [0.05, 0.1) is 10.5 Å². The second-order valence-corrected chi connectivity index (χ2v) is 4.38. The topological polar surface area (TPSA) is 69.4 Å². The van der Waals surface area contributed by atoms with Crippen LogP contribution in [-0.2, 0) is 4.74 Å². The van der Waals surface area contributed by atoms with Gasteiger partial charge in [0, 0.05) is 12.1 Å². The molecule has 0 spiro atoms. The predicted octanol–water partition coefficient (Wildman–Crippen LogP) is 3.65. The number of rotatable bonds is 4. The van der Waals surface area contributed by atoms with Crippen molar-refractivity contribution in [3.63, 3.8) is 0 Å². The highest BCUT2D eigenvalue weighted by Crippen LogP contribution is 2.23. The molecule has 0 radical (unpaired) electrons. The molecule has 0 amide bonds. The number of non-ortho nitro benzene ring substituents is 1. The lowest BCUT2D eigenvalue weighted by Crippen LogP contribution is -2.11.